The predicted octanol–water partition coefficient (Wildman–Crippen LogP) is -1.18. The molecule has 0 aromatic carbocycles. The summed E-state index contributed by atoms with van der Waals surface area (Å²) < 4.78 is 26.1. The molecule has 16 heavy (non-hydrogen) atoms. The van der Waals surface area contributed by atoms with Gasteiger partial charge in [0.25, 0.3) is 10.0 Å². The van der Waals surface area contributed by atoms with E-state index in [1.807, 2.05) is 0 Å². The van der Waals surface area contributed by atoms with Crippen LogP contribution in [0.2, 0.25) is 0 Å². The van der Waals surface area contributed by atoms with Gasteiger partial charge in [-0.3, -0.25) is 4.90 Å². The van der Waals surface area contributed by atoms with Crippen molar-refractivity contribution in [3.63, 3.8) is 0 Å². The molecule has 1 fully saturated rings. The summed E-state index contributed by atoms with van der Waals surface area (Å²) in [5.74, 6) is 0. The van der Waals surface area contributed by atoms with Crippen molar-refractivity contribution < 1.29 is 8.42 Å². The second kappa shape index (κ2) is 4.15. The van der Waals surface area contributed by atoms with Crippen molar-refractivity contribution in [2.45, 2.75) is 0 Å². The summed E-state index contributed by atoms with van der Waals surface area (Å²) in [5, 5.41) is -0.142. The minimum absolute atomic E-state index is 0.142. The summed E-state index contributed by atoms with van der Waals surface area (Å²) in [6.45, 7) is 4.43. The number of sulfonamides is 1. The Balaban J connectivity index is 1.98. The Kier molecular flexibility index (Phi) is 3.00. The fraction of sp³-hybridized carbons (Fsp3) is 0.667. The number of hydrogen-bond acceptors (Lipinski definition) is 5. The highest BCUT2D eigenvalue weighted by Crippen LogP contribution is 2.12. The van der Waals surface area contributed by atoms with Crippen molar-refractivity contribution in [1.29, 1.82) is 0 Å². The Morgan fingerprint density at radius 3 is 2.50 bits per heavy atom. The maximum atomic E-state index is 11.3. The molecule has 90 valence electrons. The summed E-state index contributed by atoms with van der Waals surface area (Å²) in [5.41, 5.74) is 5.91. The van der Waals surface area contributed by atoms with E-state index in [4.69, 9.17) is 5.73 Å². The van der Waals surface area contributed by atoms with E-state index in [9.17, 15) is 8.42 Å². The minimum Gasteiger partial charge on any atom is -0.388 e. The monoisotopic (exact) mass is 244 g/mol. The van der Waals surface area contributed by atoms with Gasteiger partial charge in [0, 0.05) is 32.7 Å². The SMILES string of the molecule is CN1CCN(CC2=NS(=O)(=O)C(N)=C2)CC1. The van der Waals surface area contributed by atoms with E-state index >= 15 is 0 Å². The zero-order chi connectivity index (χ0) is 11.8. The third-order valence-electron chi connectivity index (χ3n) is 2.83. The fourth-order valence-corrected chi connectivity index (χ4v) is 2.59. The molecule has 0 radical (unpaired) electrons. The van der Waals surface area contributed by atoms with Gasteiger partial charge < -0.3 is 10.6 Å². The molecule has 6 nitrogen and oxygen atoms in total. The summed E-state index contributed by atoms with van der Waals surface area (Å²) in [4.78, 5) is 4.43. The lowest BCUT2D eigenvalue weighted by Gasteiger charge is -2.31. The average Bonchev–Trinajstić information content (AvgIpc) is 2.44. The molecule has 1 saturated heterocycles. The first kappa shape index (κ1) is 11.6. The standard InChI is InChI=1S/C9H16N4O2S/c1-12-2-4-13(5-3-12)7-8-6-9(10)16(14,15)11-8/h6H,2-5,7,10H2,1H3. The van der Waals surface area contributed by atoms with E-state index in [0.717, 1.165) is 26.2 Å². The van der Waals surface area contributed by atoms with E-state index in [2.05, 4.69) is 21.2 Å². The Morgan fingerprint density at radius 1 is 1.38 bits per heavy atom. The highest BCUT2D eigenvalue weighted by Gasteiger charge is 2.23. The van der Waals surface area contributed by atoms with Crippen LogP contribution >= 0.6 is 0 Å². The van der Waals surface area contributed by atoms with Crippen LogP contribution in [0.5, 0.6) is 0 Å². The van der Waals surface area contributed by atoms with Crippen LogP contribution in [0.3, 0.4) is 0 Å². The molecule has 0 unspecified atom stereocenters. The molecule has 0 amide bonds. The molecule has 0 aliphatic carbocycles. The molecule has 0 bridgehead atoms. The number of likely N-dealkylation sites (N-methyl/N-ethyl adjacent to an activating group) is 1. The van der Waals surface area contributed by atoms with Crippen LogP contribution in [0.1, 0.15) is 0 Å². The van der Waals surface area contributed by atoms with Crippen LogP contribution in [-0.4, -0.2) is 63.7 Å². The van der Waals surface area contributed by atoms with E-state index in [0.29, 0.717) is 12.3 Å². The lowest BCUT2D eigenvalue weighted by Crippen LogP contribution is -2.45. The quantitative estimate of drug-likeness (QED) is 0.661. The van der Waals surface area contributed by atoms with E-state index < -0.39 is 10.0 Å². The Hall–Kier alpha value is -0.920. The maximum absolute atomic E-state index is 11.3. The van der Waals surface area contributed by atoms with Crippen LogP contribution in [0.15, 0.2) is 15.5 Å². The lowest BCUT2D eigenvalue weighted by molar-refractivity contribution is 0.170. The number of rotatable bonds is 2. The Morgan fingerprint density at radius 2 is 2.00 bits per heavy atom. The van der Waals surface area contributed by atoms with Crippen molar-refractivity contribution in [3.05, 3.63) is 11.1 Å². The predicted molar refractivity (Wildman–Crippen MR) is 62.6 cm³/mol. The molecule has 0 spiro atoms. The van der Waals surface area contributed by atoms with Crippen LogP contribution in [0, 0.1) is 0 Å². The molecule has 2 heterocycles. The van der Waals surface area contributed by atoms with Gasteiger partial charge >= 0.3 is 0 Å². The highest BCUT2D eigenvalue weighted by molar-refractivity contribution is 7.94. The van der Waals surface area contributed by atoms with Gasteiger partial charge in [-0.2, -0.15) is 12.8 Å². The summed E-state index contributed by atoms with van der Waals surface area (Å²) in [7, 11) is -1.47. The molecule has 2 aliphatic heterocycles. The second-order valence-corrected chi connectivity index (χ2v) is 5.79. The molecule has 0 aromatic rings. The van der Waals surface area contributed by atoms with Gasteiger partial charge in [-0.15, -0.1) is 0 Å². The van der Waals surface area contributed by atoms with Crippen LogP contribution in [0.25, 0.3) is 0 Å². The van der Waals surface area contributed by atoms with Crippen LogP contribution in [0.4, 0.5) is 0 Å². The third-order valence-corrected chi connectivity index (χ3v) is 4.01. The smallest absolute Gasteiger partial charge is 0.297 e. The first-order valence-electron chi connectivity index (χ1n) is 5.19. The van der Waals surface area contributed by atoms with Crippen molar-refractivity contribution in [2.24, 2.45) is 10.1 Å². The number of piperazine rings is 1. The fourth-order valence-electron chi connectivity index (χ4n) is 1.78. The molecule has 0 aromatic heterocycles. The van der Waals surface area contributed by atoms with Crippen molar-refractivity contribution >= 4 is 15.7 Å². The highest BCUT2D eigenvalue weighted by atomic mass is 32.2. The summed E-state index contributed by atoms with van der Waals surface area (Å²) >= 11 is 0. The summed E-state index contributed by atoms with van der Waals surface area (Å²) in [6.07, 6.45) is 1.45. The van der Waals surface area contributed by atoms with Crippen molar-refractivity contribution in [1.82, 2.24) is 9.80 Å². The number of hydrogen-bond donors (Lipinski definition) is 1. The molecule has 0 saturated carbocycles. The van der Waals surface area contributed by atoms with Crippen LogP contribution < -0.4 is 5.73 Å². The molecule has 7 heteroatoms. The number of nitrogens with two attached hydrogens (primary N) is 1. The second-order valence-electron chi connectivity index (χ2n) is 4.18. The topological polar surface area (TPSA) is 79.0 Å². The zero-order valence-electron chi connectivity index (χ0n) is 9.26. The lowest BCUT2D eigenvalue weighted by atomic mass is 10.3. The molecular formula is C9H16N4O2S. The van der Waals surface area contributed by atoms with Gasteiger partial charge in [0.05, 0.1) is 5.71 Å². The van der Waals surface area contributed by atoms with Gasteiger partial charge in [0.2, 0.25) is 0 Å². The first-order valence-corrected chi connectivity index (χ1v) is 6.63. The molecule has 2 aliphatic rings. The first-order chi connectivity index (χ1) is 7.47. The Labute approximate surface area is 95.5 Å². The normalized spacial score (nSPS) is 26.6. The molecular weight excluding hydrogens is 228 g/mol. The molecule has 0 atom stereocenters. The summed E-state index contributed by atoms with van der Waals surface area (Å²) in [6, 6.07) is 0. The van der Waals surface area contributed by atoms with Gasteiger partial charge in [-0.25, -0.2) is 0 Å². The van der Waals surface area contributed by atoms with Gasteiger partial charge in [0.1, 0.15) is 0 Å². The zero-order valence-corrected chi connectivity index (χ0v) is 10.1. The van der Waals surface area contributed by atoms with Crippen molar-refractivity contribution in [2.75, 3.05) is 39.8 Å². The number of nitrogens with zero attached hydrogens (tertiary/aromatic N) is 3. The van der Waals surface area contributed by atoms with Crippen LogP contribution in [-0.2, 0) is 10.0 Å². The largest absolute Gasteiger partial charge is 0.388 e. The van der Waals surface area contributed by atoms with Gasteiger partial charge in [-0.1, -0.05) is 0 Å². The Bertz CT molecular complexity index is 432. The maximum Gasteiger partial charge on any atom is 0.297 e. The van der Waals surface area contributed by atoms with Gasteiger partial charge in [0.15, 0.2) is 5.03 Å². The van der Waals surface area contributed by atoms with Crippen molar-refractivity contribution in [3.8, 4) is 0 Å². The average molecular weight is 244 g/mol. The van der Waals surface area contributed by atoms with Gasteiger partial charge in [-0.05, 0) is 13.1 Å². The van der Waals surface area contributed by atoms with E-state index in [1.165, 1.54) is 6.08 Å². The molecule has 2 N–H and O–H groups in total. The molecule has 2 rings (SSSR count). The minimum atomic E-state index is -3.55. The third kappa shape index (κ3) is 2.42. The van der Waals surface area contributed by atoms with E-state index in [-0.39, 0.29) is 5.03 Å². The van der Waals surface area contributed by atoms with E-state index in [1.54, 1.807) is 0 Å².